The number of aliphatic hydroxyl groups excluding tert-OH is 2. The van der Waals surface area contributed by atoms with Crippen LogP contribution in [0.4, 0.5) is 0 Å². The van der Waals surface area contributed by atoms with Crippen LogP contribution in [0.1, 0.15) is 34.1 Å². The van der Waals surface area contributed by atoms with Crippen LogP contribution in [-0.4, -0.2) is 48.2 Å². The number of aliphatic hydroxyl groups is 2. The van der Waals surface area contributed by atoms with Gasteiger partial charge in [-0.05, 0) is 20.8 Å². The smallest absolute Gasteiger partial charge is 0.305 e. The fourth-order valence-electron chi connectivity index (χ4n) is 0.578. The van der Waals surface area contributed by atoms with Gasteiger partial charge in [0.05, 0.1) is 18.8 Å². The molecule has 0 aromatic heterocycles. The number of ether oxygens (including phenoxy) is 2. The van der Waals surface area contributed by atoms with E-state index < -0.39 is 6.10 Å². The van der Waals surface area contributed by atoms with Crippen LogP contribution in [0.25, 0.3) is 0 Å². The maximum Gasteiger partial charge on any atom is 0.305 e. The van der Waals surface area contributed by atoms with Gasteiger partial charge in [-0.2, -0.15) is 0 Å². The summed E-state index contributed by atoms with van der Waals surface area (Å²) in [6.45, 7) is 6.85. The largest absolute Gasteiger partial charge is 0.460 e. The van der Waals surface area contributed by atoms with Gasteiger partial charge >= 0.3 is 5.97 Å². The monoisotopic (exact) mass is 236 g/mol. The molecule has 0 aliphatic heterocycles. The van der Waals surface area contributed by atoms with Crippen LogP contribution in [0.3, 0.4) is 0 Å². The van der Waals surface area contributed by atoms with Gasteiger partial charge in [0.15, 0.2) is 0 Å². The van der Waals surface area contributed by atoms with E-state index in [1.807, 2.05) is 13.8 Å². The van der Waals surface area contributed by atoms with Crippen LogP contribution in [0.15, 0.2) is 0 Å². The van der Waals surface area contributed by atoms with Crippen LogP contribution in [0, 0.1) is 0 Å². The lowest BCUT2D eigenvalue weighted by molar-refractivity contribution is -0.153. The second-order valence-corrected chi connectivity index (χ2v) is 3.52. The highest BCUT2D eigenvalue weighted by molar-refractivity contribution is 5.69. The summed E-state index contributed by atoms with van der Waals surface area (Å²) < 4.78 is 9.97. The van der Waals surface area contributed by atoms with Crippen LogP contribution < -0.4 is 0 Å². The molecule has 5 heteroatoms. The molecule has 98 valence electrons. The van der Waals surface area contributed by atoms with Crippen molar-refractivity contribution < 1.29 is 24.5 Å². The molecule has 3 unspecified atom stereocenters. The summed E-state index contributed by atoms with van der Waals surface area (Å²) in [7, 11) is 1.60. The van der Waals surface area contributed by atoms with Crippen molar-refractivity contribution in [3.8, 4) is 0 Å². The van der Waals surface area contributed by atoms with Gasteiger partial charge in [0.1, 0.15) is 6.10 Å². The first kappa shape index (κ1) is 17.7. The van der Waals surface area contributed by atoms with Crippen molar-refractivity contribution in [2.75, 3.05) is 13.7 Å². The van der Waals surface area contributed by atoms with E-state index in [2.05, 4.69) is 0 Å². The molecule has 0 aliphatic carbocycles. The van der Waals surface area contributed by atoms with Gasteiger partial charge in [-0.25, -0.2) is 0 Å². The van der Waals surface area contributed by atoms with E-state index in [4.69, 9.17) is 19.7 Å². The minimum atomic E-state index is -0.560. The normalized spacial score (nSPS) is 15.4. The predicted octanol–water partition coefficient (Wildman–Crippen LogP) is 0.722. The minimum absolute atomic E-state index is 0.0366. The van der Waals surface area contributed by atoms with E-state index in [1.54, 1.807) is 14.0 Å². The molecule has 16 heavy (non-hydrogen) atoms. The molecule has 0 saturated heterocycles. The third-order valence-corrected chi connectivity index (χ3v) is 1.90. The Labute approximate surface area is 97.4 Å². The molecule has 0 aromatic carbocycles. The summed E-state index contributed by atoms with van der Waals surface area (Å²) in [6.07, 6.45) is -0.339. The first-order chi connectivity index (χ1) is 7.38. The van der Waals surface area contributed by atoms with Gasteiger partial charge in [0, 0.05) is 13.5 Å². The predicted molar refractivity (Wildman–Crippen MR) is 61.1 cm³/mol. The quantitative estimate of drug-likeness (QED) is 0.688. The van der Waals surface area contributed by atoms with Gasteiger partial charge in [-0.3, -0.25) is 4.79 Å². The van der Waals surface area contributed by atoms with Gasteiger partial charge in [0.2, 0.25) is 0 Å². The Morgan fingerprint density at radius 3 is 1.94 bits per heavy atom. The second kappa shape index (κ2) is 10.9. The van der Waals surface area contributed by atoms with Gasteiger partial charge < -0.3 is 19.7 Å². The van der Waals surface area contributed by atoms with E-state index in [0.717, 1.165) is 0 Å². The zero-order valence-electron chi connectivity index (χ0n) is 10.8. The Morgan fingerprint density at radius 2 is 1.69 bits per heavy atom. The van der Waals surface area contributed by atoms with Crippen molar-refractivity contribution in [3.63, 3.8) is 0 Å². The van der Waals surface area contributed by atoms with Crippen molar-refractivity contribution >= 4 is 5.97 Å². The average molecular weight is 236 g/mol. The van der Waals surface area contributed by atoms with Crippen molar-refractivity contribution in [2.45, 2.75) is 52.4 Å². The molecule has 0 fully saturated rings. The highest BCUT2D eigenvalue weighted by Crippen LogP contribution is 2.02. The summed E-state index contributed by atoms with van der Waals surface area (Å²) in [6, 6.07) is 0. The maximum absolute atomic E-state index is 10.8. The molecule has 0 spiro atoms. The minimum Gasteiger partial charge on any atom is -0.460 e. The molecule has 0 heterocycles. The zero-order valence-corrected chi connectivity index (χ0v) is 10.8. The van der Waals surface area contributed by atoms with E-state index in [0.29, 0.717) is 6.42 Å². The van der Waals surface area contributed by atoms with Crippen LogP contribution in [0.5, 0.6) is 0 Å². The summed E-state index contributed by atoms with van der Waals surface area (Å²) >= 11 is 0. The van der Waals surface area contributed by atoms with Crippen LogP contribution in [0.2, 0.25) is 0 Å². The number of esters is 1. The summed E-state index contributed by atoms with van der Waals surface area (Å²) in [5.41, 5.74) is 0. The fraction of sp³-hybridized carbons (Fsp3) is 0.909. The molecule has 0 amide bonds. The van der Waals surface area contributed by atoms with E-state index >= 15 is 0 Å². The van der Waals surface area contributed by atoms with E-state index in [9.17, 15) is 4.79 Å². The highest BCUT2D eigenvalue weighted by Gasteiger charge is 2.14. The number of hydrogen-bond acceptors (Lipinski definition) is 5. The molecular formula is C11H24O5. The van der Waals surface area contributed by atoms with Gasteiger partial charge in [0.25, 0.3) is 0 Å². The Balaban J connectivity index is 0. The lowest BCUT2D eigenvalue weighted by atomic mass is 10.2. The molecule has 0 radical (unpaired) electrons. The van der Waals surface area contributed by atoms with Crippen LogP contribution in [-0.2, 0) is 14.3 Å². The van der Waals surface area contributed by atoms with Crippen molar-refractivity contribution in [1.82, 2.24) is 0 Å². The highest BCUT2D eigenvalue weighted by atomic mass is 16.6. The molecule has 0 saturated carbocycles. The van der Waals surface area contributed by atoms with E-state index in [1.165, 1.54) is 6.92 Å². The van der Waals surface area contributed by atoms with Gasteiger partial charge in [-0.1, -0.05) is 6.92 Å². The number of carbonyl (C=O) groups excluding carboxylic acids is 1. The SMILES string of the molecule is CC(O)CO.CCC(=O)OC(C)C(C)OC. The first-order valence-electron chi connectivity index (χ1n) is 5.40. The standard InChI is InChI=1S/C8H16O3.C3H8O2/c1-5-8(9)11-7(3)6(2)10-4;1-3(5)2-4/h6-7H,5H2,1-4H3;3-5H,2H2,1H3. The molecule has 0 aromatic rings. The third-order valence-electron chi connectivity index (χ3n) is 1.90. The summed E-state index contributed by atoms with van der Waals surface area (Å²) in [4.78, 5) is 10.8. The number of carbonyl (C=O) groups is 1. The average Bonchev–Trinajstić information content (AvgIpc) is 2.28. The third kappa shape index (κ3) is 11.4. The number of methoxy groups -OCH3 is 1. The molecule has 3 atom stereocenters. The topological polar surface area (TPSA) is 76.0 Å². The van der Waals surface area contributed by atoms with Crippen LogP contribution >= 0.6 is 0 Å². The van der Waals surface area contributed by atoms with Crippen molar-refractivity contribution in [3.05, 3.63) is 0 Å². The Bertz CT molecular complexity index is 170. The van der Waals surface area contributed by atoms with Gasteiger partial charge in [-0.15, -0.1) is 0 Å². The lowest BCUT2D eigenvalue weighted by Gasteiger charge is -2.18. The van der Waals surface area contributed by atoms with Crippen molar-refractivity contribution in [2.24, 2.45) is 0 Å². The molecule has 2 N–H and O–H groups in total. The molecule has 5 nitrogen and oxygen atoms in total. The molecule has 0 bridgehead atoms. The molecule has 0 aliphatic rings. The first-order valence-corrected chi connectivity index (χ1v) is 5.40. The van der Waals surface area contributed by atoms with Crippen molar-refractivity contribution in [1.29, 1.82) is 0 Å². The number of rotatable bonds is 5. The molecule has 0 rings (SSSR count). The summed E-state index contributed by atoms with van der Waals surface area (Å²) in [5, 5.41) is 16.0. The maximum atomic E-state index is 10.8. The Morgan fingerprint density at radius 1 is 1.25 bits per heavy atom. The second-order valence-electron chi connectivity index (χ2n) is 3.52. The number of hydrogen-bond donors (Lipinski definition) is 2. The summed E-state index contributed by atoms with van der Waals surface area (Å²) in [5.74, 6) is -0.179. The van der Waals surface area contributed by atoms with E-state index in [-0.39, 0.29) is 24.8 Å². The Kier molecular flexibility index (Phi) is 12.0. The fourth-order valence-corrected chi connectivity index (χ4v) is 0.578. The lowest BCUT2D eigenvalue weighted by Crippen LogP contribution is -2.27. The zero-order chi connectivity index (χ0) is 13.1. The Hall–Kier alpha value is -0.650. The molecular weight excluding hydrogens is 212 g/mol.